The highest BCUT2D eigenvalue weighted by atomic mass is 19.1. The molecular weight excluding hydrogens is 361 g/mol. The summed E-state index contributed by atoms with van der Waals surface area (Å²) in [6, 6.07) is 9.38. The van der Waals surface area contributed by atoms with Crippen molar-refractivity contribution < 1.29 is 18.7 Å². The first-order valence-corrected chi connectivity index (χ1v) is 9.08. The maximum Gasteiger partial charge on any atom is 0.319 e. The van der Waals surface area contributed by atoms with Gasteiger partial charge in [-0.3, -0.25) is 0 Å². The van der Waals surface area contributed by atoms with Gasteiger partial charge in [0.2, 0.25) is 0 Å². The molecule has 0 saturated carbocycles. The average Bonchev–Trinajstić information content (AvgIpc) is 2.66. The summed E-state index contributed by atoms with van der Waals surface area (Å²) >= 11 is 0. The van der Waals surface area contributed by atoms with Crippen molar-refractivity contribution in [1.82, 2.24) is 5.32 Å². The maximum absolute atomic E-state index is 14.4. The van der Waals surface area contributed by atoms with Gasteiger partial charge in [-0.1, -0.05) is 0 Å². The summed E-state index contributed by atoms with van der Waals surface area (Å²) in [6.45, 7) is 5.79. The topological polar surface area (TPSA) is 62.8 Å². The number of anilines is 2. The second-order valence-electron chi connectivity index (χ2n) is 6.80. The van der Waals surface area contributed by atoms with Gasteiger partial charge in [-0.05, 0) is 57.2 Å². The second kappa shape index (κ2) is 9.30. The van der Waals surface area contributed by atoms with Gasteiger partial charge in [-0.15, -0.1) is 0 Å². The zero-order valence-corrected chi connectivity index (χ0v) is 17.2. The first-order valence-electron chi connectivity index (χ1n) is 9.08. The molecule has 6 nitrogen and oxygen atoms in total. The number of methoxy groups -OCH3 is 2. The molecule has 0 fully saturated rings. The van der Waals surface area contributed by atoms with Crippen LogP contribution >= 0.6 is 0 Å². The number of carbonyl (C=O) groups excluding carboxylic acids is 1. The largest absolute Gasteiger partial charge is 0.497 e. The van der Waals surface area contributed by atoms with E-state index in [0.29, 0.717) is 22.9 Å². The first kappa shape index (κ1) is 21.3. The average molecular weight is 389 g/mol. The Labute approximate surface area is 165 Å². The molecule has 2 rings (SSSR count). The van der Waals surface area contributed by atoms with E-state index in [2.05, 4.69) is 10.6 Å². The Balaban J connectivity index is 2.09. The van der Waals surface area contributed by atoms with Gasteiger partial charge in [0.1, 0.15) is 17.3 Å². The summed E-state index contributed by atoms with van der Waals surface area (Å²) < 4.78 is 25.0. The predicted octanol–water partition coefficient (Wildman–Crippen LogP) is 4.57. The van der Waals surface area contributed by atoms with Gasteiger partial charge in [0.05, 0.1) is 25.9 Å². The van der Waals surface area contributed by atoms with Crippen molar-refractivity contribution in [3.63, 3.8) is 0 Å². The lowest BCUT2D eigenvalue weighted by Gasteiger charge is -2.24. The lowest BCUT2D eigenvalue weighted by atomic mass is 10.1. The third kappa shape index (κ3) is 5.06. The standard InChI is InChI=1S/C21H28FN3O3/c1-13(2)25(4)19-9-7-15(11-18(19)22)24-21(26)23-14(3)17-12-16(27-5)8-10-20(17)28-6/h7-14H,1-6H3,(H2,23,24,26). The number of carbonyl (C=O) groups is 1. The van der Waals surface area contributed by atoms with Crippen LogP contribution in [0, 0.1) is 5.82 Å². The minimum Gasteiger partial charge on any atom is -0.497 e. The fraction of sp³-hybridized carbons (Fsp3) is 0.381. The highest BCUT2D eigenvalue weighted by Crippen LogP contribution is 2.29. The van der Waals surface area contributed by atoms with Gasteiger partial charge >= 0.3 is 6.03 Å². The van der Waals surface area contributed by atoms with E-state index in [1.807, 2.05) is 32.7 Å². The van der Waals surface area contributed by atoms with Crippen LogP contribution in [0.15, 0.2) is 36.4 Å². The number of benzene rings is 2. The Morgan fingerprint density at radius 2 is 1.79 bits per heavy atom. The van der Waals surface area contributed by atoms with E-state index in [4.69, 9.17) is 9.47 Å². The van der Waals surface area contributed by atoms with Crippen LogP contribution in [0.3, 0.4) is 0 Å². The van der Waals surface area contributed by atoms with Crippen LogP contribution in [0.2, 0.25) is 0 Å². The van der Waals surface area contributed by atoms with Crippen LogP contribution in [0.1, 0.15) is 32.4 Å². The van der Waals surface area contributed by atoms with E-state index in [0.717, 1.165) is 5.56 Å². The van der Waals surface area contributed by atoms with Gasteiger partial charge in [0.25, 0.3) is 0 Å². The van der Waals surface area contributed by atoms with Crippen molar-refractivity contribution in [2.24, 2.45) is 0 Å². The Morgan fingerprint density at radius 3 is 2.36 bits per heavy atom. The van der Waals surface area contributed by atoms with E-state index in [1.54, 1.807) is 44.6 Å². The van der Waals surface area contributed by atoms with Crippen LogP contribution in [0.4, 0.5) is 20.6 Å². The zero-order valence-electron chi connectivity index (χ0n) is 17.2. The second-order valence-corrected chi connectivity index (χ2v) is 6.80. The van der Waals surface area contributed by atoms with Crippen molar-refractivity contribution >= 4 is 17.4 Å². The molecule has 2 aromatic carbocycles. The molecule has 0 radical (unpaired) electrons. The van der Waals surface area contributed by atoms with Gasteiger partial charge in [0, 0.05) is 24.3 Å². The molecule has 0 bridgehead atoms. The van der Waals surface area contributed by atoms with Crippen molar-refractivity contribution in [2.45, 2.75) is 32.9 Å². The molecule has 7 heteroatoms. The summed E-state index contributed by atoms with van der Waals surface area (Å²) in [5.41, 5.74) is 1.63. The fourth-order valence-electron chi connectivity index (χ4n) is 2.77. The molecular formula is C21H28FN3O3. The molecule has 0 aromatic heterocycles. The molecule has 0 aliphatic heterocycles. The highest BCUT2D eigenvalue weighted by Gasteiger charge is 2.16. The molecule has 0 spiro atoms. The number of ether oxygens (including phenoxy) is 2. The number of amides is 2. The summed E-state index contributed by atoms with van der Waals surface area (Å²) in [5.74, 6) is 0.911. The molecule has 0 aliphatic carbocycles. The molecule has 28 heavy (non-hydrogen) atoms. The zero-order chi connectivity index (χ0) is 20.8. The van der Waals surface area contributed by atoms with E-state index < -0.39 is 11.8 Å². The van der Waals surface area contributed by atoms with Crippen LogP contribution in [-0.4, -0.2) is 33.3 Å². The Morgan fingerprint density at radius 1 is 1.07 bits per heavy atom. The van der Waals surface area contributed by atoms with Crippen molar-refractivity contribution in [3.8, 4) is 11.5 Å². The van der Waals surface area contributed by atoms with Crippen LogP contribution in [0.5, 0.6) is 11.5 Å². The third-order valence-corrected chi connectivity index (χ3v) is 4.61. The molecule has 0 saturated heterocycles. The lowest BCUT2D eigenvalue weighted by Crippen LogP contribution is -2.31. The van der Waals surface area contributed by atoms with Gasteiger partial charge in [0.15, 0.2) is 0 Å². The number of urea groups is 1. The Hall–Kier alpha value is -2.96. The van der Waals surface area contributed by atoms with E-state index >= 15 is 0 Å². The van der Waals surface area contributed by atoms with Crippen LogP contribution in [-0.2, 0) is 0 Å². The molecule has 0 aliphatic rings. The van der Waals surface area contributed by atoms with E-state index in [9.17, 15) is 9.18 Å². The highest BCUT2D eigenvalue weighted by molar-refractivity contribution is 5.89. The predicted molar refractivity (Wildman–Crippen MR) is 110 cm³/mol. The smallest absolute Gasteiger partial charge is 0.319 e. The summed E-state index contributed by atoms with van der Waals surface area (Å²) in [4.78, 5) is 14.2. The number of hydrogen-bond acceptors (Lipinski definition) is 4. The number of nitrogens with one attached hydrogen (secondary N) is 2. The fourth-order valence-corrected chi connectivity index (χ4v) is 2.77. The van der Waals surface area contributed by atoms with Crippen LogP contribution < -0.4 is 25.0 Å². The molecule has 2 aromatic rings. The molecule has 152 valence electrons. The van der Waals surface area contributed by atoms with Gasteiger partial charge in [-0.25, -0.2) is 9.18 Å². The minimum absolute atomic E-state index is 0.162. The number of nitrogens with zero attached hydrogens (tertiary/aromatic N) is 1. The molecule has 1 unspecified atom stereocenters. The Kier molecular flexibility index (Phi) is 7.09. The summed E-state index contributed by atoms with van der Waals surface area (Å²) in [5, 5.41) is 5.49. The monoisotopic (exact) mass is 389 g/mol. The third-order valence-electron chi connectivity index (χ3n) is 4.61. The molecule has 1 atom stereocenters. The van der Waals surface area contributed by atoms with E-state index in [-0.39, 0.29) is 12.1 Å². The number of rotatable bonds is 7. The number of hydrogen-bond donors (Lipinski definition) is 2. The quantitative estimate of drug-likeness (QED) is 0.728. The molecule has 2 N–H and O–H groups in total. The van der Waals surface area contributed by atoms with Gasteiger partial charge < -0.3 is 25.0 Å². The lowest BCUT2D eigenvalue weighted by molar-refractivity contribution is 0.249. The summed E-state index contributed by atoms with van der Waals surface area (Å²) in [7, 11) is 4.97. The van der Waals surface area contributed by atoms with Crippen molar-refractivity contribution in [1.29, 1.82) is 0 Å². The van der Waals surface area contributed by atoms with Gasteiger partial charge in [-0.2, -0.15) is 0 Å². The number of halogens is 1. The van der Waals surface area contributed by atoms with Crippen LogP contribution in [0.25, 0.3) is 0 Å². The maximum atomic E-state index is 14.4. The van der Waals surface area contributed by atoms with Crippen molar-refractivity contribution in [2.75, 3.05) is 31.5 Å². The van der Waals surface area contributed by atoms with Crippen molar-refractivity contribution in [3.05, 3.63) is 47.8 Å². The molecule has 2 amide bonds. The summed E-state index contributed by atoms with van der Waals surface area (Å²) in [6.07, 6.45) is 0. The Bertz CT molecular complexity index is 827. The SMILES string of the molecule is COc1ccc(OC)c(C(C)NC(=O)Nc2ccc(N(C)C(C)C)c(F)c2)c1. The minimum atomic E-state index is -0.443. The molecule has 0 heterocycles. The first-order chi connectivity index (χ1) is 13.3. The van der Waals surface area contributed by atoms with E-state index in [1.165, 1.54) is 6.07 Å². The normalized spacial score (nSPS) is 11.7.